The van der Waals surface area contributed by atoms with Crippen molar-refractivity contribution in [3.63, 3.8) is 0 Å². The third-order valence-corrected chi connectivity index (χ3v) is 12.5. The average Bonchev–Trinajstić information content (AvgIpc) is 3.36. The second kappa shape index (κ2) is 18.1. The van der Waals surface area contributed by atoms with Gasteiger partial charge >= 0.3 is 0 Å². The van der Waals surface area contributed by atoms with Crippen molar-refractivity contribution in [3.8, 4) is 22.3 Å². The van der Waals surface area contributed by atoms with E-state index in [1.807, 2.05) is 0 Å². The number of hydrogen-bond donors (Lipinski definition) is 0. The second-order valence-corrected chi connectivity index (χ2v) is 16.5. The first-order valence-corrected chi connectivity index (χ1v) is 22.1. The molecular weight excluding hydrogens is 761 g/mol. The number of rotatable bonds is 11. The van der Waals surface area contributed by atoms with E-state index in [2.05, 4.69) is 266 Å². The number of nitrogens with zero attached hydrogens (tertiary/aromatic N) is 2. The fourth-order valence-electron chi connectivity index (χ4n) is 9.13. The Bertz CT molecular complexity index is 2940. The maximum Gasteiger partial charge on any atom is 0.0490 e. The number of anilines is 6. The number of allylic oxidation sites excluding steroid dienone is 8. The van der Waals surface area contributed by atoms with Crippen LogP contribution in [0.25, 0.3) is 22.3 Å². The van der Waals surface area contributed by atoms with Crippen LogP contribution < -0.4 is 9.80 Å². The summed E-state index contributed by atoms with van der Waals surface area (Å²) in [5.74, 6) is 0.678. The summed E-state index contributed by atoms with van der Waals surface area (Å²) in [4.78, 5) is 4.73. The van der Waals surface area contributed by atoms with Gasteiger partial charge < -0.3 is 9.80 Å². The Balaban J connectivity index is 0.825. The third-order valence-electron chi connectivity index (χ3n) is 12.5. The fraction of sp³-hybridized carbons (Fsp3) is 0.0820. The van der Waals surface area contributed by atoms with Crippen LogP contribution in [0.2, 0.25) is 0 Å². The lowest BCUT2D eigenvalue weighted by Crippen LogP contribution is -2.12. The standard InChI is InChI=1S/C61H50N2/c1-45-42-55(38-41-61(45)63(57-24-12-5-13-25-57)60-27-15-21-54(44-60)47-18-8-3-9-19-47)52-34-32-49(33-35-52)48-28-30-50(31-29-48)51-36-39-58(40-37-51)62(56-22-10-4-11-23-56)59-26-14-20-53(43-59)46-16-6-2-7-17-46/h2-30,32-34,36-44,50,52H,31,35H2,1H3. The van der Waals surface area contributed by atoms with Crippen LogP contribution in [0, 0.1) is 6.92 Å². The van der Waals surface area contributed by atoms with Crippen LogP contribution in [0.3, 0.4) is 0 Å². The molecule has 0 radical (unpaired) electrons. The van der Waals surface area contributed by atoms with Gasteiger partial charge in [-0.15, -0.1) is 0 Å². The maximum absolute atomic E-state index is 2.43. The Labute approximate surface area is 372 Å². The minimum absolute atomic E-state index is 0.337. The molecule has 0 saturated carbocycles. The van der Waals surface area contributed by atoms with Crippen molar-refractivity contribution in [2.24, 2.45) is 0 Å². The summed E-state index contributed by atoms with van der Waals surface area (Å²) in [6.45, 7) is 2.25. The molecule has 2 aliphatic rings. The van der Waals surface area contributed by atoms with E-state index < -0.39 is 0 Å². The molecule has 0 aromatic heterocycles. The summed E-state index contributed by atoms with van der Waals surface area (Å²) in [6.07, 6.45) is 16.3. The van der Waals surface area contributed by atoms with E-state index in [0.717, 1.165) is 41.3 Å². The highest BCUT2D eigenvalue weighted by atomic mass is 15.1. The Morgan fingerprint density at radius 1 is 0.349 bits per heavy atom. The first-order chi connectivity index (χ1) is 31.1. The molecule has 10 rings (SSSR count). The highest BCUT2D eigenvalue weighted by Gasteiger charge is 2.20. The number of para-hydroxylation sites is 2. The molecule has 0 fully saturated rings. The molecule has 2 nitrogen and oxygen atoms in total. The van der Waals surface area contributed by atoms with E-state index in [1.54, 1.807) is 0 Å². The van der Waals surface area contributed by atoms with Crippen molar-refractivity contribution in [1.82, 2.24) is 0 Å². The van der Waals surface area contributed by atoms with E-state index in [0.29, 0.717) is 11.8 Å². The Hall–Kier alpha value is -7.68. The predicted molar refractivity (Wildman–Crippen MR) is 267 cm³/mol. The van der Waals surface area contributed by atoms with Crippen molar-refractivity contribution < 1.29 is 0 Å². The lowest BCUT2D eigenvalue weighted by atomic mass is 9.84. The molecule has 0 N–H and O–H groups in total. The molecule has 2 aliphatic carbocycles. The van der Waals surface area contributed by atoms with Crippen molar-refractivity contribution in [1.29, 1.82) is 0 Å². The van der Waals surface area contributed by atoms with E-state index in [9.17, 15) is 0 Å². The van der Waals surface area contributed by atoms with Gasteiger partial charge in [0.25, 0.3) is 0 Å². The van der Waals surface area contributed by atoms with Gasteiger partial charge in [-0.2, -0.15) is 0 Å². The second-order valence-electron chi connectivity index (χ2n) is 16.5. The number of hydrogen-bond acceptors (Lipinski definition) is 2. The van der Waals surface area contributed by atoms with Crippen molar-refractivity contribution in [2.75, 3.05) is 9.80 Å². The molecule has 0 bridgehead atoms. The zero-order valence-electron chi connectivity index (χ0n) is 35.6. The third kappa shape index (κ3) is 8.62. The molecule has 8 aromatic carbocycles. The minimum Gasteiger partial charge on any atom is -0.310 e. The van der Waals surface area contributed by atoms with Gasteiger partial charge in [0, 0.05) is 46.0 Å². The fourth-order valence-corrected chi connectivity index (χ4v) is 9.13. The van der Waals surface area contributed by atoms with Crippen LogP contribution in [-0.4, -0.2) is 0 Å². The topological polar surface area (TPSA) is 6.48 Å². The summed E-state index contributed by atoms with van der Waals surface area (Å²) in [5, 5.41) is 0. The molecule has 0 amide bonds. The van der Waals surface area contributed by atoms with Gasteiger partial charge in [-0.3, -0.25) is 0 Å². The van der Waals surface area contributed by atoms with E-state index in [1.165, 1.54) is 55.8 Å². The van der Waals surface area contributed by atoms with E-state index in [4.69, 9.17) is 0 Å². The summed E-state index contributed by atoms with van der Waals surface area (Å²) < 4.78 is 0. The van der Waals surface area contributed by atoms with Crippen LogP contribution in [0.5, 0.6) is 0 Å². The molecule has 0 saturated heterocycles. The molecule has 8 aromatic rings. The Kier molecular flexibility index (Phi) is 11.3. The van der Waals surface area contributed by atoms with Gasteiger partial charge in [0.15, 0.2) is 0 Å². The molecule has 63 heavy (non-hydrogen) atoms. The van der Waals surface area contributed by atoms with Crippen LogP contribution in [0.15, 0.2) is 260 Å². The van der Waals surface area contributed by atoms with Crippen molar-refractivity contribution in [3.05, 3.63) is 277 Å². The zero-order chi connectivity index (χ0) is 42.4. The Morgan fingerprint density at radius 2 is 0.762 bits per heavy atom. The van der Waals surface area contributed by atoms with Gasteiger partial charge in [-0.25, -0.2) is 0 Å². The summed E-state index contributed by atoms with van der Waals surface area (Å²) >= 11 is 0. The number of aryl methyl sites for hydroxylation is 1. The predicted octanol–water partition coefficient (Wildman–Crippen LogP) is 16.9. The summed E-state index contributed by atoms with van der Waals surface area (Å²) in [6, 6.07) is 76.4. The van der Waals surface area contributed by atoms with Gasteiger partial charge in [-0.1, -0.05) is 182 Å². The molecule has 0 spiro atoms. The maximum atomic E-state index is 2.43. The van der Waals surface area contributed by atoms with E-state index in [-0.39, 0.29) is 0 Å². The smallest absolute Gasteiger partial charge is 0.0490 e. The summed E-state index contributed by atoms with van der Waals surface area (Å²) in [5.41, 5.74) is 18.3. The quantitative estimate of drug-likeness (QED) is 0.128. The zero-order valence-corrected chi connectivity index (χ0v) is 35.6. The van der Waals surface area contributed by atoms with Crippen LogP contribution in [0.4, 0.5) is 34.1 Å². The lowest BCUT2D eigenvalue weighted by Gasteiger charge is -2.28. The highest BCUT2D eigenvalue weighted by Crippen LogP contribution is 2.42. The van der Waals surface area contributed by atoms with Gasteiger partial charge in [0.05, 0.1) is 0 Å². The monoisotopic (exact) mass is 810 g/mol. The van der Waals surface area contributed by atoms with Crippen molar-refractivity contribution in [2.45, 2.75) is 31.6 Å². The van der Waals surface area contributed by atoms with Gasteiger partial charge in [-0.05, 0) is 137 Å². The minimum atomic E-state index is 0.337. The molecule has 0 heterocycles. The van der Waals surface area contributed by atoms with Crippen LogP contribution >= 0.6 is 0 Å². The highest BCUT2D eigenvalue weighted by molar-refractivity contribution is 5.82. The molecule has 2 heteroatoms. The van der Waals surface area contributed by atoms with E-state index >= 15 is 0 Å². The molecule has 2 atom stereocenters. The summed E-state index contributed by atoms with van der Waals surface area (Å²) in [7, 11) is 0. The first-order valence-electron chi connectivity index (χ1n) is 22.1. The first kappa shape index (κ1) is 39.5. The average molecular weight is 811 g/mol. The molecular formula is C61H50N2. The van der Waals surface area contributed by atoms with Crippen LogP contribution in [-0.2, 0) is 0 Å². The van der Waals surface area contributed by atoms with Gasteiger partial charge in [0.2, 0.25) is 0 Å². The molecule has 2 unspecified atom stereocenters. The normalized spacial score (nSPS) is 15.6. The van der Waals surface area contributed by atoms with Crippen LogP contribution in [0.1, 0.15) is 41.4 Å². The SMILES string of the molecule is Cc1cc(C2C=CC(C3=CCC(c4ccc(N(c5ccccc5)c5cccc(-c6ccccc6)c5)cc4)C=C3)=CC2)ccc1N(c1ccccc1)c1cccc(-c2ccccc2)c1. The Morgan fingerprint density at radius 3 is 1.25 bits per heavy atom. The van der Waals surface area contributed by atoms with Gasteiger partial charge in [0.1, 0.15) is 0 Å². The molecule has 304 valence electrons. The lowest BCUT2D eigenvalue weighted by molar-refractivity contribution is 0.833. The largest absolute Gasteiger partial charge is 0.310 e. The molecule has 0 aliphatic heterocycles. The number of benzene rings is 8. The van der Waals surface area contributed by atoms with Crippen molar-refractivity contribution >= 4 is 34.1 Å².